The highest BCUT2D eigenvalue weighted by Gasteiger charge is 2.20. The molecule has 1 aromatic heterocycles. The number of rotatable bonds is 6. The van der Waals surface area contributed by atoms with Gasteiger partial charge in [0.1, 0.15) is 0 Å². The highest BCUT2D eigenvalue weighted by molar-refractivity contribution is 5.93. The number of fused-ring (bicyclic) bond motifs is 1. The van der Waals surface area contributed by atoms with Gasteiger partial charge >= 0.3 is 0 Å². The molecule has 1 aliphatic carbocycles. The molecule has 0 radical (unpaired) electrons. The molecule has 0 atom stereocenters. The van der Waals surface area contributed by atoms with E-state index in [-0.39, 0.29) is 19.0 Å². The third-order valence-electron chi connectivity index (χ3n) is 4.54. The summed E-state index contributed by atoms with van der Waals surface area (Å²) in [7, 11) is 0. The highest BCUT2D eigenvalue weighted by Crippen LogP contribution is 2.27. The van der Waals surface area contributed by atoms with E-state index in [0.29, 0.717) is 12.1 Å². The predicted molar refractivity (Wildman–Crippen MR) is 98.4 cm³/mol. The van der Waals surface area contributed by atoms with Crippen LogP contribution in [0.5, 0.6) is 0 Å². The summed E-state index contributed by atoms with van der Waals surface area (Å²) in [4.78, 5) is 4.19. The molecule has 1 heterocycles. The van der Waals surface area contributed by atoms with Gasteiger partial charge in [-0.3, -0.25) is 4.98 Å². The Morgan fingerprint density at radius 1 is 1.09 bits per heavy atom. The third kappa shape index (κ3) is 4.80. The molecule has 0 amide bonds. The standard InChI is InChI=1S/C18H25N3O.ClH/c22-12-2-10-20-15-5-7-16(8-6-15)21-18-4-1-3-14-13-19-11-9-17(14)18;/h1,3-4,9,11,13,15-16,20-22H,2,5-8,10,12H2;1H. The summed E-state index contributed by atoms with van der Waals surface area (Å²) in [6.07, 6.45) is 9.42. The molecule has 1 aromatic carbocycles. The van der Waals surface area contributed by atoms with Gasteiger partial charge in [-0.2, -0.15) is 0 Å². The number of aromatic nitrogens is 1. The number of nitrogens with one attached hydrogen (secondary N) is 2. The van der Waals surface area contributed by atoms with Crippen molar-refractivity contribution >= 4 is 28.9 Å². The van der Waals surface area contributed by atoms with Crippen LogP contribution < -0.4 is 10.6 Å². The van der Waals surface area contributed by atoms with Crippen LogP contribution in [0.25, 0.3) is 10.8 Å². The fraction of sp³-hybridized carbons (Fsp3) is 0.500. The van der Waals surface area contributed by atoms with Gasteiger partial charge in [0.2, 0.25) is 0 Å². The maximum atomic E-state index is 8.83. The van der Waals surface area contributed by atoms with Gasteiger partial charge in [-0.05, 0) is 50.8 Å². The largest absolute Gasteiger partial charge is 0.396 e. The summed E-state index contributed by atoms with van der Waals surface area (Å²) in [5.74, 6) is 0. The van der Waals surface area contributed by atoms with E-state index in [9.17, 15) is 0 Å². The van der Waals surface area contributed by atoms with E-state index < -0.39 is 0 Å². The molecule has 126 valence electrons. The molecule has 4 nitrogen and oxygen atoms in total. The van der Waals surface area contributed by atoms with Gasteiger partial charge in [-0.1, -0.05) is 12.1 Å². The number of hydrogen-bond donors (Lipinski definition) is 3. The van der Waals surface area contributed by atoms with Crippen molar-refractivity contribution in [3.8, 4) is 0 Å². The van der Waals surface area contributed by atoms with Crippen molar-refractivity contribution in [2.24, 2.45) is 0 Å². The van der Waals surface area contributed by atoms with E-state index in [2.05, 4.69) is 39.9 Å². The minimum atomic E-state index is 0. The SMILES string of the molecule is Cl.OCCCNC1CCC(Nc2cccc3cnccc23)CC1. The Morgan fingerprint density at radius 2 is 1.87 bits per heavy atom. The van der Waals surface area contributed by atoms with E-state index in [4.69, 9.17) is 5.11 Å². The Labute approximate surface area is 144 Å². The van der Waals surface area contributed by atoms with Crippen LogP contribution >= 0.6 is 12.4 Å². The molecule has 0 saturated heterocycles. The van der Waals surface area contributed by atoms with Crippen molar-refractivity contribution in [3.63, 3.8) is 0 Å². The Bertz CT molecular complexity index is 594. The van der Waals surface area contributed by atoms with Crippen molar-refractivity contribution in [3.05, 3.63) is 36.7 Å². The fourth-order valence-corrected chi connectivity index (χ4v) is 3.30. The molecule has 1 saturated carbocycles. The van der Waals surface area contributed by atoms with Crippen LogP contribution in [0.1, 0.15) is 32.1 Å². The summed E-state index contributed by atoms with van der Waals surface area (Å²) in [5, 5.41) is 18.5. The van der Waals surface area contributed by atoms with Crippen molar-refractivity contribution in [2.75, 3.05) is 18.5 Å². The average Bonchev–Trinajstić information content (AvgIpc) is 2.57. The molecule has 1 aliphatic rings. The quantitative estimate of drug-likeness (QED) is 0.709. The summed E-state index contributed by atoms with van der Waals surface area (Å²) < 4.78 is 0. The van der Waals surface area contributed by atoms with Crippen LogP contribution in [-0.2, 0) is 0 Å². The smallest absolute Gasteiger partial charge is 0.0443 e. The maximum absolute atomic E-state index is 8.83. The number of anilines is 1. The second-order valence-electron chi connectivity index (χ2n) is 6.13. The molecule has 0 aliphatic heterocycles. The lowest BCUT2D eigenvalue weighted by Gasteiger charge is -2.30. The topological polar surface area (TPSA) is 57.2 Å². The highest BCUT2D eigenvalue weighted by atomic mass is 35.5. The maximum Gasteiger partial charge on any atom is 0.0443 e. The van der Waals surface area contributed by atoms with Gasteiger partial charge < -0.3 is 15.7 Å². The molecule has 3 N–H and O–H groups in total. The molecule has 0 unspecified atom stereocenters. The van der Waals surface area contributed by atoms with Crippen LogP contribution in [-0.4, -0.2) is 35.3 Å². The second kappa shape index (κ2) is 9.06. The minimum Gasteiger partial charge on any atom is -0.396 e. The lowest BCUT2D eigenvalue weighted by Crippen LogP contribution is -2.37. The third-order valence-corrected chi connectivity index (χ3v) is 4.54. The monoisotopic (exact) mass is 335 g/mol. The first-order chi connectivity index (χ1) is 10.9. The lowest BCUT2D eigenvalue weighted by atomic mass is 9.90. The molecule has 3 rings (SSSR count). The molecule has 5 heteroatoms. The molecule has 1 fully saturated rings. The van der Waals surface area contributed by atoms with Crippen LogP contribution in [0.15, 0.2) is 36.7 Å². The first-order valence-electron chi connectivity index (χ1n) is 8.30. The first kappa shape index (κ1) is 18.0. The second-order valence-corrected chi connectivity index (χ2v) is 6.13. The van der Waals surface area contributed by atoms with Crippen LogP contribution in [0.2, 0.25) is 0 Å². The average molecular weight is 336 g/mol. The number of nitrogens with zero attached hydrogens (tertiary/aromatic N) is 1. The van der Waals surface area contributed by atoms with Gasteiger partial charge in [0.15, 0.2) is 0 Å². The first-order valence-corrected chi connectivity index (χ1v) is 8.30. The summed E-state index contributed by atoms with van der Waals surface area (Å²) in [5.41, 5.74) is 1.22. The number of halogens is 1. The molecular formula is C18H26ClN3O. The van der Waals surface area contributed by atoms with E-state index in [1.807, 2.05) is 12.4 Å². The Balaban J connectivity index is 0.00000192. The minimum absolute atomic E-state index is 0. The van der Waals surface area contributed by atoms with Gasteiger partial charge in [0.05, 0.1) is 0 Å². The zero-order chi connectivity index (χ0) is 15.2. The van der Waals surface area contributed by atoms with Crippen molar-refractivity contribution < 1.29 is 5.11 Å². The van der Waals surface area contributed by atoms with Gasteiger partial charge in [-0.25, -0.2) is 0 Å². The van der Waals surface area contributed by atoms with Crippen LogP contribution in [0.3, 0.4) is 0 Å². The van der Waals surface area contributed by atoms with E-state index in [1.165, 1.54) is 42.1 Å². The van der Waals surface area contributed by atoms with E-state index >= 15 is 0 Å². The number of aliphatic hydroxyl groups is 1. The molecule has 0 bridgehead atoms. The fourth-order valence-electron chi connectivity index (χ4n) is 3.30. The van der Waals surface area contributed by atoms with Gasteiger partial charge in [-0.15, -0.1) is 12.4 Å². The van der Waals surface area contributed by atoms with E-state index in [0.717, 1.165) is 13.0 Å². The molecule has 2 aromatic rings. The Morgan fingerprint density at radius 3 is 2.65 bits per heavy atom. The Hall–Kier alpha value is -1.36. The summed E-state index contributed by atoms with van der Waals surface area (Å²) in [6, 6.07) is 9.60. The van der Waals surface area contributed by atoms with Gasteiger partial charge in [0.25, 0.3) is 0 Å². The number of pyridine rings is 1. The molecule has 23 heavy (non-hydrogen) atoms. The Kier molecular flexibility index (Phi) is 7.09. The van der Waals surface area contributed by atoms with Crippen molar-refractivity contribution in [1.82, 2.24) is 10.3 Å². The number of hydrogen-bond acceptors (Lipinski definition) is 4. The van der Waals surface area contributed by atoms with Crippen molar-refractivity contribution in [1.29, 1.82) is 0 Å². The van der Waals surface area contributed by atoms with E-state index in [1.54, 1.807) is 0 Å². The van der Waals surface area contributed by atoms with Crippen molar-refractivity contribution in [2.45, 2.75) is 44.2 Å². The molecule has 0 spiro atoms. The zero-order valence-corrected chi connectivity index (χ0v) is 14.2. The predicted octanol–water partition coefficient (Wildman–Crippen LogP) is 3.35. The van der Waals surface area contributed by atoms with Crippen LogP contribution in [0, 0.1) is 0 Å². The number of benzene rings is 1. The summed E-state index contributed by atoms with van der Waals surface area (Å²) >= 11 is 0. The lowest BCUT2D eigenvalue weighted by molar-refractivity contribution is 0.276. The van der Waals surface area contributed by atoms with Crippen LogP contribution in [0.4, 0.5) is 5.69 Å². The normalized spacial score (nSPS) is 20.9. The van der Waals surface area contributed by atoms with Gasteiger partial charge in [0, 0.05) is 47.5 Å². The number of aliphatic hydroxyl groups excluding tert-OH is 1. The molecular weight excluding hydrogens is 310 g/mol. The summed E-state index contributed by atoms with van der Waals surface area (Å²) in [6.45, 7) is 1.20. The zero-order valence-electron chi connectivity index (χ0n) is 13.4.